The molecule has 0 aromatic carbocycles. The average Bonchev–Trinajstić information content (AvgIpc) is 4.00. The number of aromatic amines is 4. The van der Waals surface area contributed by atoms with Gasteiger partial charge in [0.25, 0.3) is 0 Å². The summed E-state index contributed by atoms with van der Waals surface area (Å²) in [4.78, 5) is 51.4. The van der Waals surface area contributed by atoms with Crippen LogP contribution >= 0.6 is 28.7 Å². The fourth-order valence-corrected chi connectivity index (χ4v) is 4.08. The molecule has 6 rings (SSSR count). The second-order valence-corrected chi connectivity index (χ2v) is 12.7. The molecular formula is C37H55B2BrN5O7S. The maximum absolute atomic E-state index is 10.1. The molecule has 0 unspecified atom stereocenters. The molecule has 53 heavy (non-hydrogen) atoms. The van der Waals surface area contributed by atoms with Gasteiger partial charge >= 0.3 is 31.9 Å². The van der Waals surface area contributed by atoms with E-state index in [0.717, 1.165) is 66.3 Å². The first-order valence-corrected chi connectivity index (χ1v) is 17.3. The number of hydrogen-bond acceptors (Lipinski definition) is 9. The molecule has 0 amide bonds. The Morgan fingerprint density at radius 3 is 1.60 bits per heavy atom. The molecule has 4 aromatic heterocycles. The van der Waals surface area contributed by atoms with E-state index in [2.05, 4.69) is 73.8 Å². The Kier molecular flexibility index (Phi) is 28.3. The van der Waals surface area contributed by atoms with Crippen molar-refractivity contribution in [3.05, 3.63) is 113 Å². The van der Waals surface area contributed by atoms with Crippen LogP contribution in [0.25, 0.3) is 6.08 Å². The molecule has 2 fully saturated rings. The number of hydrogen-bond donors (Lipinski definition) is 5. The number of aldehydes is 4. The second kappa shape index (κ2) is 29.4. The number of halogens is 1. The van der Waals surface area contributed by atoms with E-state index in [4.69, 9.17) is 14.0 Å². The number of thiol groups is 1. The zero-order valence-electron chi connectivity index (χ0n) is 30.4. The number of carbonyl (C=O) groups excluding carboxylic acids is 4. The zero-order chi connectivity index (χ0) is 39.4. The first kappa shape index (κ1) is 51.0. The first-order valence-electron chi connectivity index (χ1n) is 16.2. The van der Waals surface area contributed by atoms with Crippen molar-refractivity contribution in [3.63, 3.8) is 0 Å². The van der Waals surface area contributed by atoms with Crippen LogP contribution < -0.4 is 0 Å². The summed E-state index contributed by atoms with van der Waals surface area (Å²) in [6.07, 6.45) is 16.8. The second-order valence-electron chi connectivity index (χ2n) is 11.6. The number of ether oxygens (including phenoxy) is 1. The smallest absolute Gasteiger partial charge is 0 e. The SMILES string of the molecule is C.C1CCOC1.C=CB1OC(C)(C)C(C)(C)O1.C=Cc1cc(C=O)c[nH]1.CCc1cc(C=O)c[nH]1.O=Cc1c[nH]c(Br)c1.O=Cc1cc[nH]c1.[B]=NS.[HH]. The predicted octanol–water partition coefficient (Wildman–Crippen LogP) is 8.94. The summed E-state index contributed by atoms with van der Waals surface area (Å²) < 4.78 is 19.6. The molecule has 12 nitrogen and oxygen atoms in total. The van der Waals surface area contributed by atoms with E-state index in [9.17, 15) is 19.2 Å². The van der Waals surface area contributed by atoms with Crippen molar-refractivity contribution in [1.82, 2.24) is 19.9 Å². The van der Waals surface area contributed by atoms with Gasteiger partial charge in [-0.15, -0.1) is 6.58 Å². The first-order chi connectivity index (χ1) is 24.8. The topological polar surface area (TPSA) is 171 Å². The van der Waals surface area contributed by atoms with Crippen LogP contribution in [0, 0.1) is 0 Å². The minimum atomic E-state index is -0.250. The van der Waals surface area contributed by atoms with Gasteiger partial charge in [0.15, 0.2) is 25.1 Å². The number of nitrogens with one attached hydrogen (secondary N) is 4. The summed E-state index contributed by atoms with van der Waals surface area (Å²) in [5.74, 6) is 1.68. The van der Waals surface area contributed by atoms with Crippen LogP contribution in [0.1, 0.15) is 109 Å². The summed E-state index contributed by atoms with van der Waals surface area (Å²) in [5, 5.41) is 0. The predicted molar refractivity (Wildman–Crippen MR) is 224 cm³/mol. The molecule has 6 heterocycles. The molecule has 289 valence electrons. The van der Waals surface area contributed by atoms with Crippen molar-refractivity contribution >= 4 is 74.7 Å². The molecule has 0 atom stereocenters. The van der Waals surface area contributed by atoms with Gasteiger partial charge in [-0.3, -0.25) is 19.2 Å². The van der Waals surface area contributed by atoms with Gasteiger partial charge in [-0.1, -0.05) is 26.9 Å². The Morgan fingerprint density at radius 2 is 1.36 bits per heavy atom. The standard InChI is InChI=1S/C8H15BO2.C7H9NO.C7H7NO.C5H4BrNO.C5H5NO.C4H8O.CH4.BHNS.H2/c1-6-9-10-7(2,3)8(4,5)11-9;2*1-2-7-3-6(5-9)4-8-7;6-5-1-4(3-8)2-7-5;7-4-5-1-2-6-3-5;1-2-4-5-3-1;;1-2-3;/h6H,1H2,2-5H3;3-5,8H,2H2,1H3;2-5,8H,1H2;1-3,7H;1-4,6H;1-4H2;1H4;3H;1H. The number of rotatable bonds is 7. The molecular weight excluding hydrogens is 760 g/mol. The molecule has 0 aliphatic carbocycles. The molecule has 4 N–H and O–H groups in total. The van der Waals surface area contributed by atoms with Crippen molar-refractivity contribution < 1.29 is 34.7 Å². The van der Waals surface area contributed by atoms with E-state index in [1.165, 1.54) is 12.8 Å². The van der Waals surface area contributed by atoms with Crippen LogP contribution in [0.3, 0.4) is 0 Å². The third kappa shape index (κ3) is 21.9. The molecule has 1 radical (unpaired) electrons. The van der Waals surface area contributed by atoms with Crippen molar-refractivity contribution in [1.29, 1.82) is 0 Å². The monoisotopic (exact) mass is 814 g/mol. The molecule has 0 bridgehead atoms. The largest absolute Gasteiger partial charge is 0 e. The summed E-state index contributed by atoms with van der Waals surface area (Å²) in [7, 11) is 4.09. The maximum Gasteiger partial charge on any atom is 0 e. The van der Waals surface area contributed by atoms with Gasteiger partial charge in [0.1, 0.15) is 0 Å². The van der Waals surface area contributed by atoms with Gasteiger partial charge in [0.05, 0.1) is 15.8 Å². The van der Waals surface area contributed by atoms with Crippen LogP contribution in [0.2, 0.25) is 0 Å². The van der Waals surface area contributed by atoms with Crippen molar-refractivity contribution in [2.24, 2.45) is 4.30 Å². The number of nitrogens with zero attached hydrogens (tertiary/aromatic N) is 1. The Balaban J connectivity index is -0.000000571. The molecule has 2 aliphatic heterocycles. The Hall–Kier alpha value is -4.08. The van der Waals surface area contributed by atoms with E-state index >= 15 is 0 Å². The van der Waals surface area contributed by atoms with Gasteiger partial charge in [0, 0.05) is 79.3 Å². The molecule has 2 aliphatic rings. The Bertz CT molecular complexity index is 1560. The third-order valence-electron chi connectivity index (χ3n) is 7.22. The summed E-state index contributed by atoms with van der Waals surface area (Å²) in [6, 6.07) is 7.02. The summed E-state index contributed by atoms with van der Waals surface area (Å²) in [5.41, 5.74) is 4.26. The van der Waals surface area contributed by atoms with Crippen LogP contribution in [0.5, 0.6) is 0 Å². The zero-order valence-corrected chi connectivity index (χ0v) is 32.9. The minimum absolute atomic E-state index is 0. The van der Waals surface area contributed by atoms with Gasteiger partial charge in [-0.05, 0) is 93.2 Å². The quantitative estimate of drug-likeness (QED) is 0.0704. The molecule has 2 saturated heterocycles. The fraction of sp³-hybridized carbons (Fsp3) is 0.351. The number of carbonyl (C=O) groups is 4. The average molecular weight is 815 g/mol. The third-order valence-corrected chi connectivity index (χ3v) is 7.68. The van der Waals surface area contributed by atoms with Gasteiger partial charge < -0.3 is 34.0 Å². The fourth-order valence-electron chi connectivity index (χ4n) is 3.70. The molecule has 0 saturated carbocycles. The molecule has 4 aromatic rings. The van der Waals surface area contributed by atoms with E-state index in [-0.39, 0.29) is 27.2 Å². The van der Waals surface area contributed by atoms with E-state index in [1.807, 2.05) is 40.7 Å². The van der Waals surface area contributed by atoms with Gasteiger partial charge in [-0.25, -0.2) is 0 Å². The van der Waals surface area contributed by atoms with Crippen molar-refractivity contribution in [3.8, 4) is 0 Å². The van der Waals surface area contributed by atoms with Crippen LogP contribution in [0.4, 0.5) is 0 Å². The number of H-pyrrole nitrogens is 4. The number of aryl methyl sites for hydroxylation is 1. The molecule has 16 heteroatoms. The van der Waals surface area contributed by atoms with Crippen molar-refractivity contribution in [2.45, 2.75) is 72.5 Å². The Morgan fingerprint density at radius 1 is 0.868 bits per heavy atom. The minimum Gasteiger partial charge on any atom is 0 e. The normalized spacial score (nSPS) is 13.7. The van der Waals surface area contributed by atoms with E-state index < -0.39 is 0 Å². The van der Waals surface area contributed by atoms with Gasteiger partial charge in [-0.2, -0.15) is 0 Å². The van der Waals surface area contributed by atoms with Crippen molar-refractivity contribution in [2.75, 3.05) is 13.2 Å². The summed E-state index contributed by atoms with van der Waals surface area (Å²) in [6.45, 7) is 19.3. The van der Waals surface area contributed by atoms with Crippen LogP contribution in [-0.2, 0) is 20.5 Å². The van der Waals surface area contributed by atoms with Crippen LogP contribution in [0.15, 0.2) is 83.3 Å². The van der Waals surface area contributed by atoms with Crippen LogP contribution in [-0.4, -0.2) is 84.3 Å². The Labute approximate surface area is 330 Å². The van der Waals surface area contributed by atoms with Gasteiger partial charge in [0.2, 0.25) is 0 Å². The summed E-state index contributed by atoms with van der Waals surface area (Å²) >= 11 is 6.35. The number of aromatic nitrogens is 4. The molecule has 0 spiro atoms. The van der Waals surface area contributed by atoms with E-state index in [0.29, 0.717) is 16.7 Å². The maximum atomic E-state index is 10.1. The van der Waals surface area contributed by atoms with E-state index in [1.54, 1.807) is 61.2 Å².